The van der Waals surface area contributed by atoms with Gasteiger partial charge < -0.3 is 33.8 Å². The summed E-state index contributed by atoms with van der Waals surface area (Å²) in [5, 5.41) is 53.3. The van der Waals surface area contributed by atoms with Gasteiger partial charge in [0.1, 0.15) is 0 Å². The van der Waals surface area contributed by atoms with Crippen LogP contribution in [0.15, 0.2) is 127 Å². The van der Waals surface area contributed by atoms with Gasteiger partial charge in [0.2, 0.25) is 0 Å². The van der Waals surface area contributed by atoms with E-state index in [9.17, 15) is 29.7 Å². The first-order valence-electron chi connectivity index (χ1n) is 36.8. The number of carbonyl (C=O) groups is 3. The number of unbranched alkanes of at least 4 members (excludes halogenated alkanes) is 2. The SMILES string of the molecule is Cc1c(C(=O)CN2C3CCC2CC(O)C3)c2ccc(CC3COC3)cc2n1-c1ccc(Cl)cc1.Cc1c(C(=O)CN2C3CCC2CC(O)C3)c2ccc(CCCC#N)cc2n1-c1ccc(Cl)cc1.Cc1c(C(=O)CN2C3CCC2CC(O)C3)c2ccc(CCCC#N)cc2n1-c1ccc(Cl)cc1. The van der Waals surface area contributed by atoms with Crippen molar-refractivity contribution in [3.63, 3.8) is 0 Å². The zero-order valence-corrected chi connectivity index (χ0v) is 60.8. The highest BCUT2D eigenvalue weighted by Gasteiger charge is 2.44. The number of aliphatic hydroxyl groups excluding tert-OH is 3. The number of Topliss-reactive ketones (excluding diaryl/α,β-unsaturated/α-hetero) is 3. The van der Waals surface area contributed by atoms with Crippen molar-refractivity contribution in [3.8, 4) is 29.2 Å². The van der Waals surface area contributed by atoms with Crippen molar-refractivity contribution >= 4 is 84.9 Å². The lowest BCUT2D eigenvalue weighted by Crippen LogP contribution is -2.46. The van der Waals surface area contributed by atoms with Gasteiger partial charge in [-0.2, -0.15) is 10.5 Å². The summed E-state index contributed by atoms with van der Waals surface area (Å²) in [6.07, 6.45) is 15.7. The Balaban J connectivity index is 0.000000130. The first-order valence-corrected chi connectivity index (χ1v) is 38.0. The quantitative estimate of drug-likeness (QED) is 0.0484. The van der Waals surface area contributed by atoms with E-state index < -0.39 is 0 Å². The lowest BCUT2D eigenvalue weighted by Gasteiger charge is -2.36. The average molecular weight is 1430 g/mol. The molecule has 0 saturated carbocycles. The predicted molar refractivity (Wildman–Crippen MR) is 403 cm³/mol. The number of hydrogen-bond donors (Lipinski definition) is 3. The Morgan fingerprint density at radius 2 is 0.716 bits per heavy atom. The zero-order chi connectivity index (χ0) is 71.0. The van der Waals surface area contributed by atoms with Crippen LogP contribution in [-0.4, -0.2) is 148 Å². The third-order valence-electron chi connectivity index (χ3n) is 23.2. The Labute approximate surface area is 612 Å². The van der Waals surface area contributed by atoms with E-state index in [2.05, 4.69) is 102 Å². The molecule has 6 unspecified atom stereocenters. The number of piperidine rings is 3. The topological polar surface area (TPSA) is 193 Å². The molecule has 102 heavy (non-hydrogen) atoms. The van der Waals surface area contributed by atoms with E-state index in [1.807, 2.05) is 86.6 Å². The molecule has 0 spiro atoms. The maximum absolute atomic E-state index is 13.8. The zero-order valence-electron chi connectivity index (χ0n) is 58.6. The summed E-state index contributed by atoms with van der Waals surface area (Å²) < 4.78 is 11.9. The van der Waals surface area contributed by atoms with Crippen molar-refractivity contribution in [2.45, 2.75) is 197 Å². The lowest BCUT2D eigenvalue weighted by atomic mass is 9.96. The predicted octanol–water partition coefficient (Wildman–Crippen LogP) is 16.2. The second kappa shape index (κ2) is 31.1. The Morgan fingerprint density at radius 3 is 0.990 bits per heavy atom. The third kappa shape index (κ3) is 14.8. The minimum Gasteiger partial charge on any atom is -0.393 e. The molecule has 0 aliphatic carbocycles. The Bertz CT molecular complexity index is 4440. The summed E-state index contributed by atoms with van der Waals surface area (Å²) in [6.45, 7) is 8.95. The van der Waals surface area contributed by atoms with Crippen LogP contribution >= 0.6 is 34.8 Å². The number of ketones is 3. The van der Waals surface area contributed by atoms with Gasteiger partial charge in [-0.3, -0.25) is 29.1 Å². The van der Waals surface area contributed by atoms with Gasteiger partial charge in [-0.15, -0.1) is 0 Å². The van der Waals surface area contributed by atoms with Crippen molar-refractivity contribution < 1.29 is 34.4 Å². The number of halogens is 3. The van der Waals surface area contributed by atoms with E-state index in [0.29, 0.717) is 89.7 Å². The van der Waals surface area contributed by atoms with Crippen LogP contribution in [0.4, 0.5) is 0 Å². The number of aromatic nitrogens is 3. The summed E-state index contributed by atoms with van der Waals surface area (Å²) in [7, 11) is 0. The highest BCUT2D eigenvalue weighted by molar-refractivity contribution is 6.31. The molecule has 530 valence electrons. The monoisotopic (exact) mass is 1430 g/mol. The van der Waals surface area contributed by atoms with Crippen molar-refractivity contribution in [1.29, 1.82) is 10.5 Å². The van der Waals surface area contributed by atoms with Gasteiger partial charge in [0.15, 0.2) is 17.3 Å². The maximum Gasteiger partial charge on any atom is 0.179 e. The van der Waals surface area contributed by atoms with Crippen LogP contribution in [0.5, 0.6) is 0 Å². The van der Waals surface area contributed by atoms with Gasteiger partial charge in [-0.05, 0) is 238 Å². The molecule has 0 radical (unpaired) electrons. The number of ether oxygens (including phenoxy) is 1. The van der Waals surface area contributed by atoms with Gasteiger partial charge >= 0.3 is 0 Å². The molecule has 16 rings (SSSR count). The summed E-state index contributed by atoms with van der Waals surface area (Å²) in [4.78, 5) is 48.4. The average Bonchev–Trinajstić information content (AvgIpc) is 1.61. The van der Waals surface area contributed by atoms with E-state index in [4.69, 9.17) is 50.1 Å². The van der Waals surface area contributed by atoms with E-state index in [-0.39, 0.29) is 35.7 Å². The summed E-state index contributed by atoms with van der Waals surface area (Å²) >= 11 is 18.5. The van der Waals surface area contributed by atoms with Gasteiger partial charge in [0, 0.05) is 137 Å². The van der Waals surface area contributed by atoms with E-state index >= 15 is 0 Å². The van der Waals surface area contributed by atoms with Crippen LogP contribution in [0.2, 0.25) is 15.1 Å². The van der Waals surface area contributed by atoms with Gasteiger partial charge in [-0.1, -0.05) is 71.2 Å². The van der Waals surface area contributed by atoms with Crippen LogP contribution in [0, 0.1) is 49.4 Å². The largest absolute Gasteiger partial charge is 0.393 e. The number of aliphatic hydroxyl groups is 3. The molecule has 7 fully saturated rings. The second-order valence-corrected chi connectivity index (χ2v) is 31.1. The molecule has 0 amide bonds. The van der Waals surface area contributed by atoms with Gasteiger partial charge in [0.25, 0.3) is 0 Å². The fourth-order valence-corrected chi connectivity index (χ4v) is 18.7. The molecule has 7 aliphatic rings. The highest BCUT2D eigenvalue weighted by Crippen LogP contribution is 2.42. The fourth-order valence-electron chi connectivity index (χ4n) is 18.4. The molecule has 3 aromatic heterocycles. The number of hydrogen-bond acceptors (Lipinski definition) is 12. The first kappa shape index (κ1) is 71.5. The fraction of sp³-hybridized carbons (Fsp3) is 0.440. The Morgan fingerprint density at radius 1 is 0.431 bits per heavy atom. The van der Waals surface area contributed by atoms with Crippen molar-refractivity contribution in [2.24, 2.45) is 5.92 Å². The summed E-state index contributed by atoms with van der Waals surface area (Å²) in [6, 6.07) is 48.7. The minimum atomic E-state index is -0.239. The molecule has 3 N–H and O–H groups in total. The molecule has 9 aromatic rings. The van der Waals surface area contributed by atoms with Crippen LogP contribution in [0.25, 0.3) is 49.8 Å². The number of nitrogens with zero attached hydrogens (tertiary/aromatic N) is 8. The van der Waals surface area contributed by atoms with Crippen molar-refractivity contribution in [1.82, 2.24) is 28.4 Å². The lowest BCUT2D eigenvalue weighted by molar-refractivity contribution is -0.0312. The maximum atomic E-state index is 13.8. The molecule has 6 bridgehead atoms. The van der Waals surface area contributed by atoms with Crippen LogP contribution in [0.1, 0.15) is 168 Å². The van der Waals surface area contributed by atoms with Gasteiger partial charge in [0.05, 0.1) is 79.8 Å². The third-order valence-corrected chi connectivity index (χ3v) is 24.0. The molecular formula is C84H91Cl3N8O7. The van der Waals surface area contributed by atoms with Crippen LogP contribution < -0.4 is 0 Å². The number of carbonyl (C=O) groups excluding carboxylic acids is 3. The van der Waals surface area contributed by atoms with Crippen LogP contribution in [-0.2, 0) is 24.0 Å². The summed E-state index contributed by atoms with van der Waals surface area (Å²) in [5.74, 6) is 1.02. The normalized spacial score (nSPS) is 23.2. The minimum absolute atomic E-state index is 0.140. The first-order chi connectivity index (χ1) is 49.4. The van der Waals surface area contributed by atoms with E-state index in [1.54, 1.807) is 0 Å². The molecule has 6 aromatic carbocycles. The number of nitriles is 2. The molecule has 15 nitrogen and oxygen atoms in total. The smallest absolute Gasteiger partial charge is 0.179 e. The molecule has 7 saturated heterocycles. The molecule has 6 atom stereocenters. The highest BCUT2D eigenvalue weighted by atomic mass is 35.5. The Hall–Kier alpha value is -7.48. The van der Waals surface area contributed by atoms with E-state index in [1.165, 1.54) is 5.56 Å². The Kier molecular flexibility index (Phi) is 21.8. The van der Waals surface area contributed by atoms with Crippen molar-refractivity contribution in [2.75, 3.05) is 32.8 Å². The van der Waals surface area contributed by atoms with E-state index in [0.717, 1.165) is 217 Å². The second-order valence-electron chi connectivity index (χ2n) is 29.8. The number of benzene rings is 6. The van der Waals surface area contributed by atoms with Crippen LogP contribution in [0.3, 0.4) is 0 Å². The molecule has 18 heteroatoms. The number of fused-ring (bicyclic) bond motifs is 9. The van der Waals surface area contributed by atoms with Gasteiger partial charge in [-0.25, -0.2) is 0 Å². The summed E-state index contributed by atoms with van der Waals surface area (Å²) in [5.41, 5.74) is 14.8. The van der Waals surface area contributed by atoms with Crippen molar-refractivity contribution in [3.05, 3.63) is 193 Å². The number of aryl methyl sites for hydroxylation is 2. The number of rotatable bonds is 20. The molecular weight excluding hydrogens is 1340 g/mol. The molecule has 10 heterocycles. The molecule has 7 aliphatic heterocycles. The standard InChI is InChI=1S/2C28H30ClN3O2.C28H31ClN2O3/c2*1-18-28(27(34)17-31-22-10-11-23(31)16-24(33)15-22)25-12-5-19(4-2-3-13-30)14-26(25)32(18)21-8-6-20(29)7-9-21;1-17-28(27(33)14-30-22-7-8-23(30)13-24(32)12-22)25-9-2-18(10-19-15-34-16-19)11-26(25)31(17)21-5-3-20(29)4-6-21/h2*5-9,12,14,22-24,33H,2-4,10-11,15-17H2,1H3;2-6,9,11,19,22-24,32H,7-8,10,12-16H2,1H3.